The van der Waals surface area contributed by atoms with E-state index in [1.165, 1.54) is 6.20 Å². The highest BCUT2D eigenvalue weighted by atomic mass is 16.5. The molecule has 2 N–H and O–H groups in total. The average molecular weight is 272 g/mol. The van der Waals surface area contributed by atoms with Gasteiger partial charge in [0.2, 0.25) is 5.91 Å². The summed E-state index contributed by atoms with van der Waals surface area (Å²) >= 11 is 0. The Bertz CT molecular complexity index is 713. The molecule has 0 spiro atoms. The second kappa shape index (κ2) is 3.58. The summed E-state index contributed by atoms with van der Waals surface area (Å²) in [5.74, 6) is -0.469. The molecule has 20 heavy (non-hydrogen) atoms. The second-order valence-electron chi connectivity index (χ2n) is 6.21. The van der Waals surface area contributed by atoms with Crippen LogP contribution in [-0.2, 0) is 10.3 Å². The van der Waals surface area contributed by atoms with Crippen LogP contribution < -0.4 is 5.73 Å². The van der Waals surface area contributed by atoms with Gasteiger partial charge in [-0.15, -0.1) is 0 Å². The number of aromatic nitrogens is 3. The summed E-state index contributed by atoms with van der Waals surface area (Å²) in [4.78, 5) is 15.4. The molecular formula is C14H16N4O2. The number of amides is 1. The van der Waals surface area contributed by atoms with Gasteiger partial charge in [0.25, 0.3) is 0 Å². The van der Waals surface area contributed by atoms with Crippen LogP contribution in [0.4, 0.5) is 0 Å². The Morgan fingerprint density at radius 2 is 2.35 bits per heavy atom. The summed E-state index contributed by atoms with van der Waals surface area (Å²) in [6, 6.07) is 1.74. The largest absolute Gasteiger partial charge is 0.373 e. The van der Waals surface area contributed by atoms with Crippen molar-refractivity contribution in [2.45, 2.75) is 37.3 Å². The van der Waals surface area contributed by atoms with Crippen molar-refractivity contribution in [3.63, 3.8) is 0 Å². The lowest BCUT2D eigenvalue weighted by molar-refractivity contribution is -0.0149. The molecule has 3 heterocycles. The van der Waals surface area contributed by atoms with E-state index in [2.05, 4.69) is 17.0 Å². The average Bonchev–Trinajstić information content (AvgIpc) is 3.07. The van der Waals surface area contributed by atoms with E-state index in [1.807, 2.05) is 10.9 Å². The van der Waals surface area contributed by atoms with E-state index in [-0.39, 0.29) is 11.1 Å². The first kappa shape index (κ1) is 11.8. The Morgan fingerprint density at radius 1 is 1.50 bits per heavy atom. The first-order valence-corrected chi connectivity index (χ1v) is 6.80. The first-order chi connectivity index (χ1) is 9.50. The number of pyridine rings is 1. The molecule has 2 bridgehead atoms. The van der Waals surface area contributed by atoms with E-state index >= 15 is 0 Å². The van der Waals surface area contributed by atoms with Gasteiger partial charge in [-0.2, -0.15) is 5.10 Å². The van der Waals surface area contributed by atoms with Crippen LogP contribution in [0.25, 0.3) is 11.0 Å². The Labute approximate surface area is 115 Å². The van der Waals surface area contributed by atoms with Crippen LogP contribution >= 0.6 is 0 Å². The number of primary amides is 1. The van der Waals surface area contributed by atoms with E-state index in [0.717, 1.165) is 24.6 Å². The third kappa shape index (κ3) is 1.51. The lowest BCUT2D eigenvalue weighted by Gasteiger charge is -2.26. The number of rotatable bonds is 2. The lowest BCUT2D eigenvalue weighted by atomic mass is 9.99. The minimum absolute atomic E-state index is 0.00997. The molecule has 1 aliphatic carbocycles. The molecule has 4 rings (SSSR count). The fraction of sp³-hybridized carbons (Fsp3) is 0.500. The fourth-order valence-electron chi connectivity index (χ4n) is 3.48. The van der Waals surface area contributed by atoms with Crippen molar-refractivity contribution in [1.82, 2.24) is 14.8 Å². The van der Waals surface area contributed by atoms with Gasteiger partial charge < -0.3 is 10.5 Å². The first-order valence-electron chi connectivity index (χ1n) is 6.80. The molecule has 0 aromatic carbocycles. The molecule has 6 heteroatoms. The zero-order valence-electron chi connectivity index (χ0n) is 11.3. The SMILES string of the molecule is C[C@]12CC[C@](n3cc4cc(C(N)=O)cnc4n3)(CO1)C2. The molecule has 104 valence electrons. The van der Waals surface area contributed by atoms with Crippen LogP contribution in [-0.4, -0.2) is 32.9 Å². The number of carbonyl (C=O) groups is 1. The predicted molar refractivity (Wildman–Crippen MR) is 72.2 cm³/mol. The molecule has 6 nitrogen and oxygen atoms in total. The van der Waals surface area contributed by atoms with Gasteiger partial charge in [0, 0.05) is 24.2 Å². The van der Waals surface area contributed by atoms with Gasteiger partial charge >= 0.3 is 0 Å². The van der Waals surface area contributed by atoms with E-state index < -0.39 is 5.91 Å². The highest BCUT2D eigenvalue weighted by Gasteiger charge is 2.54. The van der Waals surface area contributed by atoms with Crippen LogP contribution in [0.15, 0.2) is 18.5 Å². The van der Waals surface area contributed by atoms with Crippen molar-refractivity contribution in [3.05, 3.63) is 24.0 Å². The maximum absolute atomic E-state index is 11.2. The monoisotopic (exact) mass is 272 g/mol. The number of carbonyl (C=O) groups excluding carboxylic acids is 1. The van der Waals surface area contributed by atoms with Gasteiger partial charge in [0.05, 0.1) is 23.3 Å². The van der Waals surface area contributed by atoms with Crippen molar-refractivity contribution < 1.29 is 9.53 Å². The fourth-order valence-corrected chi connectivity index (χ4v) is 3.48. The topological polar surface area (TPSA) is 83.0 Å². The molecule has 0 radical (unpaired) electrons. The smallest absolute Gasteiger partial charge is 0.250 e. The Balaban J connectivity index is 1.80. The van der Waals surface area contributed by atoms with Crippen molar-refractivity contribution in [1.29, 1.82) is 0 Å². The Morgan fingerprint density at radius 3 is 2.95 bits per heavy atom. The van der Waals surface area contributed by atoms with Crippen LogP contribution in [0.3, 0.4) is 0 Å². The number of hydrogen-bond donors (Lipinski definition) is 1. The standard InChI is InChI=1S/C14H16N4O2/c1-13-2-3-14(7-13,8-20-13)18-6-10-4-9(11(15)19)5-16-12(10)17-18/h4-6H,2-3,7-8H2,1H3,(H2,15,19)/t13-,14-/m1/s1. The van der Waals surface area contributed by atoms with Gasteiger partial charge in [-0.05, 0) is 25.8 Å². The van der Waals surface area contributed by atoms with Crippen molar-refractivity contribution in [3.8, 4) is 0 Å². The van der Waals surface area contributed by atoms with Crippen LogP contribution in [0, 0.1) is 0 Å². The summed E-state index contributed by atoms with van der Waals surface area (Å²) < 4.78 is 7.88. The van der Waals surface area contributed by atoms with Crippen LogP contribution in [0.5, 0.6) is 0 Å². The maximum atomic E-state index is 11.2. The lowest BCUT2D eigenvalue weighted by Crippen LogP contribution is -2.33. The summed E-state index contributed by atoms with van der Waals surface area (Å²) in [6.45, 7) is 2.86. The molecule has 1 saturated heterocycles. The molecule has 2 aromatic heterocycles. The predicted octanol–water partition coefficient (Wildman–Crippen LogP) is 1.20. The Hall–Kier alpha value is -1.95. The summed E-state index contributed by atoms with van der Waals surface area (Å²) in [6.07, 6.45) is 6.54. The molecule has 0 unspecified atom stereocenters. The van der Waals surface area contributed by atoms with Crippen molar-refractivity contribution in [2.24, 2.45) is 5.73 Å². The highest BCUT2D eigenvalue weighted by molar-refractivity contribution is 5.95. The maximum Gasteiger partial charge on any atom is 0.250 e. The second-order valence-corrected chi connectivity index (χ2v) is 6.21. The van der Waals surface area contributed by atoms with Gasteiger partial charge in [-0.3, -0.25) is 9.48 Å². The van der Waals surface area contributed by atoms with E-state index in [1.54, 1.807) is 6.07 Å². The van der Waals surface area contributed by atoms with Crippen molar-refractivity contribution in [2.75, 3.05) is 6.61 Å². The molecule has 1 saturated carbocycles. The number of fused-ring (bicyclic) bond motifs is 3. The Kier molecular flexibility index (Phi) is 2.12. The van der Waals surface area contributed by atoms with E-state index in [9.17, 15) is 4.79 Å². The number of hydrogen-bond acceptors (Lipinski definition) is 4. The summed E-state index contributed by atoms with van der Waals surface area (Å²) in [7, 11) is 0. The number of ether oxygens (including phenoxy) is 1. The number of nitrogens with zero attached hydrogens (tertiary/aromatic N) is 3. The third-order valence-electron chi connectivity index (χ3n) is 4.64. The van der Waals surface area contributed by atoms with Gasteiger partial charge in [0.1, 0.15) is 0 Å². The molecule has 2 atom stereocenters. The third-order valence-corrected chi connectivity index (χ3v) is 4.64. The molecule has 2 aliphatic rings. The van der Waals surface area contributed by atoms with Crippen LogP contribution in [0.1, 0.15) is 36.5 Å². The molecular weight excluding hydrogens is 256 g/mol. The van der Waals surface area contributed by atoms with Gasteiger partial charge in [-0.1, -0.05) is 0 Å². The zero-order chi connectivity index (χ0) is 14.0. The normalized spacial score (nSPS) is 32.0. The van der Waals surface area contributed by atoms with E-state index in [4.69, 9.17) is 10.5 Å². The molecule has 1 amide bonds. The number of nitrogens with two attached hydrogens (primary N) is 1. The van der Waals surface area contributed by atoms with Gasteiger partial charge in [-0.25, -0.2) is 4.98 Å². The molecule has 1 aliphatic heterocycles. The highest BCUT2D eigenvalue weighted by Crippen LogP contribution is 2.51. The van der Waals surface area contributed by atoms with Crippen LogP contribution in [0.2, 0.25) is 0 Å². The summed E-state index contributed by atoms with van der Waals surface area (Å²) in [5.41, 5.74) is 6.27. The van der Waals surface area contributed by atoms with Gasteiger partial charge in [0.15, 0.2) is 5.65 Å². The minimum atomic E-state index is -0.469. The molecule has 2 fully saturated rings. The zero-order valence-corrected chi connectivity index (χ0v) is 11.3. The minimum Gasteiger partial charge on any atom is -0.373 e. The van der Waals surface area contributed by atoms with E-state index in [0.29, 0.717) is 17.8 Å². The quantitative estimate of drug-likeness (QED) is 0.890. The summed E-state index contributed by atoms with van der Waals surface area (Å²) in [5, 5.41) is 5.41. The van der Waals surface area contributed by atoms with Crippen molar-refractivity contribution >= 4 is 16.9 Å². The molecule has 2 aromatic rings.